The SMILES string of the molecule is C[C@H](N)C(=O)OC(=O)[C@H](C)N(CCOc1ccc(-c2c(C#N)c(SCc3csc(-c4ccc(Cl)cc4)n3)nc(N3CCCC3)c2C#N)cc1)C(=O)OC(C)(C)C. The minimum absolute atomic E-state index is 0.0458. The van der Waals surface area contributed by atoms with Crippen molar-refractivity contribution in [2.45, 2.75) is 75.9 Å². The molecule has 3 heterocycles. The van der Waals surface area contributed by atoms with Gasteiger partial charge in [-0.15, -0.1) is 11.3 Å². The van der Waals surface area contributed by atoms with Crippen molar-refractivity contribution in [1.29, 1.82) is 10.5 Å². The molecule has 0 aliphatic carbocycles. The third-order valence-electron chi connectivity index (χ3n) is 8.53. The lowest BCUT2D eigenvalue weighted by molar-refractivity contribution is -0.163. The summed E-state index contributed by atoms with van der Waals surface area (Å²) in [5, 5.41) is 25.0. The van der Waals surface area contributed by atoms with E-state index in [0.717, 1.165) is 47.1 Å². The predicted octanol–water partition coefficient (Wildman–Crippen LogP) is 7.58. The number of thioether (sulfide) groups is 1. The highest BCUT2D eigenvalue weighted by Crippen LogP contribution is 2.40. The van der Waals surface area contributed by atoms with E-state index in [9.17, 15) is 24.9 Å². The van der Waals surface area contributed by atoms with Crippen molar-refractivity contribution in [2.75, 3.05) is 31.1 Å². The Hall–Kier alpha value is -5.19. The average Bonchev–Trinajstić information content (AvgIpc) is 3.88. The van der Waals surface area contributed by atoms with E-state index < -0.39 is 35.7 Å². The van der Waals surface area contributed by atoms with Crippen LogP contribution in [0.15, 0.2) is 58.9 Å². The largest absolute Gasteiger partial charge is 0.492 e. The number of halogens is 1. The van der Waals surface area contributed by atoms with Crippen LogP contribution in [0.3, 0.4) is 0 Å². The monoisotopic (exact) mass is 815 g/mol. The number of pyridine rings is 1. The lowest BCUT2D eigenvalue weighted by Crippen LogP contribution is -2.49. The molecule has 1 amide bonds. The minimum atomic E-state index is -1.18. The molecule has 13 nitrogen and oxygen atoms in total. The van der Waals surface area contributed by atoms with E-state index in [-0.39, 0.29) is 18.7 Å². The number of esters is 2. The first-order chi connectivity index (χ1) is 26.7. The summed E-state index contributed by atoms with van der Waals surface area (Å²) in [6.45, 7) is 9.25. The number of aromatic nitrogens is 2. The van der Waals surface area contributed by atoms with Gasteiger partial charge in [-0.05, 0) is 77.3 Å². The second kappa shape index (κ2) is 18.6. The molecule has 0 saturated carbocycles. The molecule has 16 heteroatoms. The zero-order valence-electron chi connectivity index (χ0n) is 31.7. The number of hydrogen-bond donors (Lipinski definition) is 1. The van der Waals surface area contributed by atoms with Crippen LogP contribution in [-0.4, -0.2) is 76.8 Å². The molecular formula is C40H42ClN7O6S2. The Balaban J connectivity index is 1.37. The molecule has 4 aromatic rings. The number of ether oxygens (including phenoxy) is 3. The molecule has 5 rings (SSSR count). The minimum Gasteiger partial charge on any atom is -0.492 e. The fraction of sp³-hybridized carbons (Fsp3) is 0.375. The zero-order valence-corrected chi connectivity index (χ0v) is 34.1. The van der Waals surface area contributed by atoms with Crippen molar-refractivity contribution in [3.05, 3.63) is 75.8 Å². The standard InChI is InChI=1S/C40H42ClN7O6S2/c1-24(44)37(49)53-38(50)25(2)48(39(51)54-40(3,4)5)18-19-52-30-14-10-26(11-15-30)33-31(20-42)34(47-16-6-7-17-47)46-36(32(33)21-43)56-23-29-22-55-35(45-29)27-8-12-28(41)13-9-27/h8-15,22,24-25H,6-7,16-19,23,44H2,1-5H3/t24-,25-/m0/s1. The predicted molar refractivity (Wildman–Crippen MR) is 215 cm³/mol. The first-order valence-electron chi connectivity index (χ1n) is 17.9. The smallest absolute Gasteiger partial charge is 0.411 e. The van der Waals surface area contributed by atoms with Crippen LogP contribution in [-0.2, 0) is 24.8 Å². The summed E-state index contributed by atoms with van der Waals surface area (Å²) in [6.07, 6.45) is 1.15. The number of thiazole rings is 1. The van der Waals surface area contributed by atoms with Gasteiger partial charge < -0.3 is 24.8 Å². The Morgan fingerprint density at radius 3 is 2.23 bits per heavy atom. The van der Waals surface area contributed by atoms with E-state index in [1.54, 1.807) is 45.0 Å². The second-order valence-electron chi connectivity index (χ2n) is 14.0. The van der Waals surface area contributed by atoms with Crippen LogP contribution < -0.4 is 15.4 Å². The van der Waals surface area contributed by atoms with Crippen molar-refractivity contribution < 1.29 is 28.6 Å². The van der Waals surface area contributed by atoms with E-state index in [1.165, 1.54) is 36.9 Å². The van der Waals surface area contributed by atoms with Gasteiger partial charge in [0.05, 0.1) is 17.8 Å². The Kier molecular flexibility index (Phi) is 14.0. The van der Waals surface area contributed by atoms with Gasteiger partial charge in [0.2, 0.25) is 0 Å². The number of benzene rings is 2. The number of anilines is 1. The van der Waals surface area contributed by atoms with E-state index in [1.807, 2.05) is 29.6 Å². The summed E-state index contributed by atoms with van der Waals surface area (Å²) < 4.78 is 16.3. The summed E-state index contributed by atoms with van der Waals surface area (Å²) in [6, 6.07) is 16.9. The quantitative estimate of drug-likeness (QED) is 0.0792. The fourth-order valence-corrected chi connectivity index (χ4v) is 7.63. The number of amides is 1. The Morgan fingerprint density at radius 1 is 0.982 bits per heavy atom. The molecule has 1 aliphatic heterocycles. The van der Waals surface area contributed by atoms with Crippen molar-refractivity contribution >= 4 is 58.5 Å². The number of carbonyl (C=O) groups excluding carboxylic acids is 3. The maximum absolute atomic E-state index is 13.1. The zero-order chi connectivity index (χ0) is 40.6. The molecule has 2 aromatic carbocycles. The molecule has 0 spiro atoms. The van der Waals surface area contributed by atoms with Gasteiger partial charge in [-0.2, -0.15) is 10.5 Å². The van der Waals surface area contributed by atoms with Crippen LogP contribution in [0, 0.1) is 22.7 Å². The first kappa shape index (κ1) is 42.0. The van der Waals surface area contributed by atoms with Crippen LogP contribution in [0.25, 0.3) is 21.7 Å². The molecule has 0 unspecified atom stereocenters. The van der Waals surface area contributed by atoms with Crippen LogP contribution >= 0.6 is 34.7 Å². The van der Waals surface area contributed by atoms with Crippen LogP contribution in [0.4, 0.5) is 10.6 Å². The number of rotatable bonds is 13. The van der Waals surface area contributed by atoms with Gasteiger partial charge >= 0.3 is 18.0 Å². The molecule has 2 N–H and O–H groups in total. The summed E-state index contributed by atoms with van der Waals surface area (Å²) in [7, 11) is 0. The Morgan fingerprint density at radius 2 is 1.62 bits per heavy atom. The van der Waals surface area contributed by atoms with Gasteiger partial charge in [0, 0.05) is 40.4 Å². The third kappa shape index (κ3) is 10.6. The molecule has 56 heavy (non-hydrogen) atoms. The van der Waals surface area contributed by atoms with Gasteiger partial charge in [0.25, 0.3) is 0 Å². The highest BCUT2D eigenvalue weighted by atomic mass is 35.5. The molecule has 0 bridgehead atoms. The number of nitriles is 2. The third-order valence-corrected chi connectivity index (χ3v) is 10.7. The average molecular weight is 816 g/mol. The summed E-state index contributed by atoms with van der Waals surface area (Å²) in [4.78, 5) is 50.7. The van der Waals surface area contributed by atoms with E-state index in [4.69, 9.17) is 41.5 Å². The molecule has 292 valence electrons. The van der Waals surface area contributed by atoms with Crippen molar-refractivity contribution in [3.63, 3.8) is 0 Å². The number of carbonyl (C=O) groups is 3. The van der Waals surface area contributed by atoms with Crippen LogP contribution in [0.2, 0.25) is 5.02 Å². The highest BCUT2D eigenvalue weighted by molar-refractivity contribution is 7.98. The number of nitrogens with two attached hydrogens (primary N) is 1. The highest BCUT2D eigenvalue weighted by Gasteiger charge is 2.33. The molecule has 1 saturated heterocycles. The van der Waals surface area contributed by atoms with Crippen LogP contribution in [0.1, 0.15) is 64.3 Å². The van der Waals surface area contributed by atoms with E-state index >= 15 is 0 Å². The molecule has 0 radical (unpaired) electrons. The second-order valence-corrected chi connectivity index (χ2v) is 16.2. The summed E-state index contributed by atoms with van der Waals surface area (Å²) in [5.74, 6) is -0.443. The maximum Gasteiger partial charge on any atom is 0.411 e. The molecule has 1 aliphatic rings. The molecular weight excluding hydrogens is 774 g/mol. The van der Waals surface area contributed by atoms with Gasteiger partial charge in [-0.25, -0.2) is 24.4 Å². The van der Waals surface area contributed by atoms with Crippen LogP contribution in [0.5, 0.6) is 5.75 Å². The molecule has 2 atom stereocenters. The van der Waals surface area contributed by atoms with E-state index in [2.05, 4.69) is 17.0 Å². The number of nitrogens with zero attached hydrogens (tertiary/aromatic N) is 6. The molecule has 2 aromatic heterocycles. The lowest BCUT2D eigenvalue weighted by Gasteiger charge is -2.30. The topological polar surface area (TPSA) is 185 Å². The Bertz CT molecular complexity index is 2130. The summed E-state index contributed by atoms with van der Waals surface area (Å²) in [5.41, 5.74) is 8.17. The van der Waals surface area contributed by atoms with Crippen molar-refractivity contribution in [1.82, 2.24) is 14.9 Å². The Labute approximate surface area is 339 Å². The maximum atomic E-state index is 13.1. The van der Waals surface area contributed by atoms with E-state index in [0.29, 0.717) is 44.1 Å². The first-order valence-corrected chi connectivity index (χ1v) is 20.1. The van der Waals surface area contributed by atoms with Gasteiger partial charge in [-0.1, -0.05) is 47.6 Å². The lowest BCUT2D eigenvalue weighted by atomic mass is 9.96. The van der Waals surface area contributed by atoms with Crippen molar-refractivity contribution in [3.8, 4) is 39.6 Å². The molecule has 1 fully saturated rings. The van der Waals surface area contributed by atoms with Gasteiger partial charge in [0.1, 0.15) is 63.6 Å². The van der Waals surface area contributed by atoms with Gasteiger partial charge in [0.15, 0.2) is 0 Å². The number of hydrogen-bond acceptors (Lipinski definition) is 14. The van der Waals surface area contributed by atoms with Crippen molar-refractivity contribution in [2.24, 2.45) is 5.73 Å². The van der Waals surface area contributed by atoms with Gasteiger partial charge in [-0.3, -0.25) is 4.90 Å². The fourth-order valence-electron chi connectivity index (χ4n) is 5.70. The summed E-state index contributed by atoms with van der Waals surface area (Å²) >= 11 is 8.98. The normalized spacial score (nSPS) is 13.6.